The summed E-state index contributed by atoms with van der Waals surface area (Å²) in [6, 6.07) is 0. The zero-order valence-electron chi connectivity index (χ0n) is 16.3. The standard InChI is InChI=1S/C18H28N4O5/c1-5-13-17(22(25)26)16(18(19)24)20-21(13)9-15(23)27-14-8-11(4)6-7-12(14)10(2)3/h10-12,14H,5-9H2,1-4H3,(H2,19,24)/t11-,12-,14+/m0/s1. The number of nitrogens with zero attached hydrogens (tertiary/aromatic N) is 3. The summed E-state index contributed by atoms with van der Waals surface area (Å²) in [4.78, 5) is 34.6. The smallest absolute Gasteiger partial charge is 0.328 e. The Hall–Kier alpha value is -2.45. The molecule has 1 aromatic rings. The number of esters is 1. The highest BCUT2D eigenvalue weighted by molar-refractivity contribution is 5.95. The first-order valence-electron chi connectivity index (χ1n) is 9.38. The van der Waals surface area contributed by atoms with Crippen LogP contribution in [0.25, 0.3) is 0 Å². The van der Waals surface area contributed by atoms with E-state index < -0.39 is 28.2 Å². The number of ether oxygens (including phenoxy) is 1. The van der Waals surface area contributed by atoms with Gasteiger partial charge in [-0.3, -0.25) is 24.4 Å². The number of primary amides is 1. The summed E-state index contributed by atoms with van der Waals surface area (Å²) in [5, 5.41) is 15.2. The quantitative estimate of drug-likeness (QED) is 0.439. The summed E-state index contributed by atoms with van der Waals surface area (Å²) < 4.78 is 6.89. The maximum Gasteiger partial charge on any atom is 0.328 e. The van der Waals surface area contributed by atoms with E-state index in [0.717, 1.165) is 23.9 Å². The van der Waals surface area contributed by atoms with Crippen molar-refractivity contribution in [3.63, 3.8) is 0 Å². The van der Waals surface area contributed by atoms with Crippen LogP contribution in [0.15, 0.2) is 0 Å². The lowest BCUT2D eigenvalue weighted by Crippen LogP contribution is -2.36. The number of carbonyl (C=O) groups is 2. The van der Waals surface area contributed by atoms with Crippen molar-refractivity contribution in [2.75, 3.05) is 0 Å². The number of hydrogen-bond acceptors (Lipinski definition) is 6. The van der Waals surface area contributed by atoms with Crippen LogP contribution in [0.1, 0.15) is 63.1 Å². The maximum absolute atomic E-state index is 12.5. The Morgan fingerprint density at radius 1 is 1.41 bits per heavy atom. The minimum atomic E-state index is -0.996. The number of rotatable bonds is 7. The number of aromatic nitrogens is 2. The summed E-state index contributed by atoms with van der Waals surface area (Å²) in [5.74, 6) is -0.332. The van der Waals surface area contributed by atoms with Crippen molar-refractivity contribution in [3.05, 3.63) is 21.5 Å². The monoisotopic (exact) mass is 380 g/mol. The molecule has 150 valence electrons. The number of nitrogens with two attached hydrogens (primary N) is 1. The Kier molecular flexibility index (Phi) is 6.56. The van der Waals surface area contributed by atoms with Crippen molar-refractivity contribution < 1.29 is 19.2 Å². The number of hydrogen-bond donors (Lipinski definition) is 1. The van der Waals surface area contributed by atoms with Crippen LogP contribution in [-0.4, -0.2) is 32.7 Å². The highest BCUT2D eigenvalue weighted by Crippen LogP contribution is 2.35. The van der Waals surface area contributed by atoms with E-state index in [2.05, 4.69) is 25.9 Å². The Balaban J connectivity index is 2.21. The zero-order chi connectivity index (χ0) is 20.3. The average molecular weight is 380 g/mol. The van der Waals surface area contributed by atoms with E-state index in [4.69, 9.17) is 10.5 Å². The molecule has 1 heterocycles. The lowest BCUT2D eigenvalue weighted by molar-refractivity contribution is -0.385. The molecule has 1 saturated carbocycles. The Morgan fingerprint density at radius 2 is 2.07 bits per heavy atom. The average Bonchev–Trinajstić information content (AvgIpc) is 2.93. The van der Waals surface area contributed by atoms with Crippen molar-refractivity contribution in [1.82, 2.24) is 9.78 Å². The first-order valence-corrected chi connectivity index (χ1v) is 9.38. The van der Waals surface area contributed by atoms with Gasteiger partial charge in [-0.2, -0.15) is 5.10 Å². The van der Waals surface area contributed by atoms with E-state index in [1.807, 2.05) is 0 Å². The predicted octanol–water partition coefficient (Wildman–Crippen LogP) is 2.46. The molecule has 3 atom stereocenters. The van der Waals surface area contributed by atoms with Crippen LogP contribution in [0.5, 0.6) is 0 Å². The molecule has 2 rings (SSSR count). The van der Waals surface area contributed by atoms with Gasteiger partial charge in [-0.05, 0) is 37.0 Å². The van der Waals surface area contributed by atoms with Crippen LogP contribution in [0, 0.1) is 27.9 Å². The molecular formula is C18H28N4O5. The van der Waals surface area contributed by atoms with Crippen molar-refractivity contribution >= 4 is 17.6 Å². The third-order valence-electron chi connectivity index (χ3n) is 5.30. The lowest BCUT2D eigenvalue weighted by Gasteiger charge is -2.36. The number of carbonyl (C=O) groups excluding carboxylic acids is 2. The Labute approximate surface area is 158 Å². The topological polar surface area (TPSA) is 130 Å². The molecule has 0 aliphatic heterocycles. The van der Waals surface area contributed by atoms with Crippen molar-refractivity contribution in [1.29, 1.82) is 0 Å². The minimum absolute atomic E-state index is 0.174. The van der Waals surface area contributed by atoms with Crippen molar-refractivity contribution in [2.45, 2.75) is 66.0 Å². The van der Waals surface area contributed by atoms with Crippen molar-refractivity contribution in [3.8, 4) is 0 Å². The second-order valence-corrected chi connectivity index (χ2v) is 7.63. The SMILES string of the molecule is CCc1c([N+](=O)[O-])c(C(N)=O)nn1CC(=O)O[C@@H]1C[C@@H](C)CC[C@H]1C(C)C. The summed E-state index contributed by atoms with van der Waals surface area (Å²) in [6.07, 6.45) is 2.99. The predicted molar refractivity (Wildman–Crippen MR) is 98.0 cm³/mol. The van der Waals surface area contributed by atoms with Crippen LogP contribution in [0.2, 0.25) is 0 Å². The second-order valence-electron chi connectivity index (χ2n) is 7.63. The number of amides is 1. The molecule has 27 heavy (non-hydrogen) atoms. The molecule has 0 unspecified atom stereocenters. The van der Waals surface area contributed by atoms with Crippen LogP contribution in [0.3, 0.4) is 0 Å². The zero-order valence-corrected chi connectivity index (χ0v) is 16.3. The molecule has 1 aliphatic rings. The molecule has 0 spiro atoms. The van der Waals surface area contributed by atoms with Gasteiger partial charge in [0.1, 0.15) is 18.3 Å². The van der Waals surface area contributed by atoms with Gasteiger partial charge >= 0.3 is 11.7 Å². The van der Waals surface area contributed by atoms with Gasteiger partial charge in [-0.15, -0.1) is 0 Å². The van der Waals surface area contributed by atoms with E-state index >= 15 is 0 Å². The molecule has 2 N–H and O–H groups in total. The Bertz CT molecular complexity index is 728. The van der Waals surface area contributed by atoms with Crippen LogP contribution >= 0.6 is 0 Å². The maximum atomic E-state index is 12.5. The number of nitro groups is 1. The molecule has 1 aromatic heterocycles. The van der Waals surface area contributed by atoms with Crippen LogP contribution in [0.4, 0.5) is 5.69 Å². The largest absolute Gasteiger partial charge is 0.461 e. The van der Waals surface area contributed by atoms with Gasteiger partial charge in [0.2, 0.25) is 5.69 Å². The second kappa shape index (κ2) is 8.49. The van der Waals surface area contributed by atoms with Crippen LogP contribution in [-0.2, 0) is 22.5 Å². The lowest BCUT2D eigenvalue weighted by atomic mass is 9.75. The van der Waals surface area contributed by atoms with Crippen molar-refractivity contribution in [2.24, 2.45) is 23.5 Å². The molecule has 1 amide bonds. The van der Waals surface area contributed by atoms with Gasteiger partial charge in [-0.25, -0.2) is 0 Å². The van der Waals surface area contributed by atoms with Gasteiger partial charge in [-0.1, -0.05) is 34.1 Å². The van der Waals surface area contributed by atoms with Crippen LogP contribution < -0.4 is 5.73 Å². The molecule has 0 radical (unpaired) electrons. The highest BCUT2D eigenvalue weighted by Gasteiger charge is 2.35. The minimum Gasteiger partial charge on any atom is -0.461 e. The highest BCUT2D eigenvalue weighted by atomic mass is 16.6. The molecular weight excluding hydrogens is 352 g/mol. The normalized spacial score (nSPS) is 22.6. The van der Waals surface area contributed by atoms with E-state index in [1.165, 1.54) is 0 Å². The van der Waals surface area contributed by atoms with Gasteiger partial charge in [0, 0.05) is 0 Å². The third-order valence-corrected chi connectivity index (χ3v) is 5.30. The van der Waals surface area contributed by atoms with Gasteiger partial charge in [0.15, 0.2) is 0 Å². The fourth-order valence-corrected chi connectivity index (χ4v) is 3.90. The summed E-state index contributed by atoms with van der Waals surface area (Å²) in [5.41, 5.74) is 4.51. The molecule has 0 bridgehead atoms. The Morgan fingerprint density at radius 3 is 2.59 bits per heavy atom. The van der Waals surface area contributed by atoms with Gasteiger partial charge in [0.05, 0.1) is 4.92 Å². The third kappa shape index (κ3) is 4.64. The van der Waals surface area contributed by atoms with E-state index in [-0.39, 0.29) is 24.8 Å². The fourth-order valence-electron chi connectivity index (χ4n) is 3.90. The molecule has 1 aliphatic carbocycles. The molecule has 1 fully saturated rings. The van der Waals surface area contributed by atoms with E-state index in [1.54, 1.807) is 6.92 Å². The molecule has 0 aromatic carbocycles. The summed E-state index contributed by atoms with van der Waals surface area (Å²) in [6.45, 7) is 7.78. The van der Waals surface area contributed by atoms with Gasteiger partial charge < -0.3 is 10.5 Å². The van der Waals surface area contributed by atoms with E-state index in [9.17, 15) is 19.7 Å². The first kappa shape index (κ1) is 20.9. The fraction of sp³-hybridized carbons (Fsp3) is 0.722. The molecule has 0 saturated heterocycles. The molecule has 9 nitrogen and oxygen atoms in total. The summed E-state index contributed by atoms with van der Waals surface area (Å²) >= 11 is 0. The molecule has 9 heteroatoms. The summed E-state index contributed by atoms with van der Waals surface area (Å²) in [7, 11) is 0. The first-order chi connectivity index (χ1) is 12.6. The van der Waals surface area contributed by atoms with E-state index in [0.29, 0.717) is 17.8 Å². The van der Waals surface area contributed by atoms with Gasteiger partial charge in [0.25, 0.3) is 5.91 Å².